The molecule has 2 aromatic rings. The van der Waals surface area contributed by atoms with E-state index in [1.807, 2.05) is 0 Å². The van der Waals surface area contributed by atoms with Crippen LogP contribution in [0.3, 0.4) is 0 Å². The Morgan fingerprint density at radius 2 is 1.35 bits per heavy atom. The second kappa shape index (κ2) is 6.04. The summed E-state index contributed by atoms with van der Waals surface area (Å²) in [5.74, 6) is 0.113. The Morgan fingerprint density at radius 1 is 0.900 bits per heavy atom. The summed E-state index contributed by atoms with van der Waals surface area (Å²) in [5.41, 5.74) is 1.31. The molecule has 108 valence electrons. The molecule has 0 aliphatic rings. The molecule has 2 rings (SSSR count). The fourth-order valence-corrected chi connectivity index (χ4v) is 2.76. The summed E-state index contributed by atoms with van der Waals surface area (Å²) in [7, 11) is -3.75. The van der Waals surface area contributed by atoms with E-state index < -0.39 is 10.5 Å². The quantitative estimate of drug-likeness (QED) is 0.636. The van der Waals surface area contributed by atoms with Crippen molar-refractivity contribution in [3.8, 4) is 11.5 Å². The van der Waals surface area contributed by atoms with Gasteiger partial charge in [0.25, 0.3) is 0 Å². The third kappa shape index (κ3) is 4.34. The first-order valence-electron chi connectivity index (χ1n) is 5.97. The molecule has 0 unspecified atom stereocenters. The van der Waals surface area contributed by atoms with Crippen molar-refractivity contribution < 1.29 is 24.6 Å². The van der Waals surface area contributed by atoms with Gasteiger partial charge >= 0.3 is 1.43 Å². The Kier molecular flexibility index (Phi) is 4.39. The minimum absolute atomic E-state index is 0. The van der Waals surface area contributed by atoms with Crippen LogP contribution in [0, 0.1) is 0 Å². The van der Waals surface area contributed by atoms with Gasteiger partial charge in [-0.1, -0.05) is 24.3 Å². The van der Waals surface area contributed by atoms with Crippen LogP contribution in [0.15, 0.2) is 48.5 Å². The van der Waals surface area contributed by atoms with E-state index in [0.717, 1.165) is 0 Å². The fraction of sp³-hybridized carbons (Fsp3) is 0.143. The highest BCUT2D eigenvalue weighted by Gasteiger charge is 2.12. The topological polar surface area (TPSA) is 87.0 Å². The van der Waals surface area contributed by atoms with Gasteiger partial charge in [0.15, 0.2) is 0 Å². The van der Waals surface area contributed by atoms with E-state index in [9.17, 15) is 8.76 Å². The third-order valence-corrected chi connectivity index (χ3v) is 3.99. The molecule has 0 atom stereocenters. The van der Waals surface area contributed by atoms with Crippen molar-refractivity contribution in [2.45, 2.75) is 12.4 Å². The first kappa shape index (κ1) is 14.5. The van der Waals surface area contributed by atoms with Gasteiger partial charge in [0.1, 0.15) is 11.5 Å². The molecular formula is C14H17O5S+. The van der Waals surface area contributed by atoms with Gasteiger partial charge in [-0.15, -0.1) is 0 Å². The van der Waals surface area contributed by atoms with Gasteiger partial charge in [-0.05, 0) is 35.4 Å². The minimum Gasteiger partial charge on any atom is -0.508 e. The zero-order valence-electron chi connectivity index (χ0n) is 11.6. The van der Waals surface area contributed by atoms with Crippen molar-refractivity contribution in [3.05, 3.63) is 59.7 Å². The first-order valence-corrected chi connectivity index (χ1v) is 7.73. The van der Waals surface area contributed by atoms with E-state index in [0.29, 0.717) is 11.1 Å². The van der Waals surface area contributed by atoms with Crippen molar-refractivity contribution in [1.82, 2.24) is 0 Å². The van der Waals surface area contributed by atoms with Gasteiger partial charge in [0.05, 0.1) is 22.9 Å². The SMILES string of the molecule is O=[SH](O)(Cc1ccc(O)cc1)OCc1ccc(O)cc1.[H+]. The zero-order chi connectivity index (χ0) is 14.6. The van der Waals surface area contributed by atoms with Crippen LogP contribution in [0.1, 0.15) is 12.6 Å². The van der Waals surface area contributed by atoms with Gasteiger partial charge < -0.3 is 14.8 Å². The largest absolute Gasteiger partial charge is 1.00 e. The predicted octanol–water partition coefficient (Wildman–Crippen LogP) is 2.33. The highest BCUT2D eigenvalue weighted by Crippen LogP contribution is 2.18. The maximum atomic E-state index is 11.9. The molecule has 0 fully saturated rings. The van der Waals surface area contributed by atoms with Crippen molar-refractivity contribution in [2.75, 3.05) is 0 Å². The number of rotatable bonds is 5. The van der Waals surface area contributed by atoms with E-state index in [4.69, 9.17) is 14.4 Å². The molecule has 0 aliphatic carbocycles. The van der Waals surface area contributed by atoms with E-state index in [-0.39, 0.29) is 25.3 Å². The summed E-state index contributed by atoms with van der Waals surface area (Å²) in [4.78, 5) is 0. The summed E-state index contributed by atoms with van der Waals surface area (Å²) >= 11 is 0. The van der Waals surface area contributed by atoms with Gasteiger partial charge in [0, 0.05) is 0 Å². The molecule has 2 aromatic carbocycles. The molecule has 0 spiro atoms. The molecule has 0 amide bonds. The van der Waals surface area contributed by atoms with Crippen LogP contribution in [0.2, 0.25) is 0 Å². The molecule has 0 radical (unpaired) electrons. The fourth-order valence-electron chi connectivity index (χ4n) is 1.65. The van der Waals surface area contributed by atoms with Crippen LogP contribution in [0.5, 0.6) is 11.5 Å². The summed E-state index contributed by atoms with van der Waals surface area (Å²) < 4.78 is 26.8. The van der Waals surface area contributed by atoms with Crippen LogP contribution < -0.4 is 0 Å². The van der Waals surface area contributed by atoms with Gasteiger partial charge in [-0.3, -0.25) is 4.18 Å². The smallest absolute Gasteiger partial charge is 0.508 e. The van der Waals surface area contributed by atoms with Crippen LogP contribution in [0.4, 0.5) is 0 Å². The first-order chi connectivity index (χ1) is 9.44. The van der Waals surface area contributed by atoms with Crippen LogP contribution >= 0.6 is 0 Å². The monoisotopic (exact) mass is 297 g/mol. The maximum absolute atomic E-state index is 11.9. The number of thiol groups is 1. The third-order valence-electron chi connectivity index (χ3n) is 2.69. The van der Waals surface area contributed by atoms with E-state index in [1.165, 1.54) is 24.3 Å². The average Bonchev–Trinajstić information content (AvgIpc) is 2.41. The van der Waals surface area contributed by atoms with Gasteiger partial charge in [-0.2, -0.15) is 0 Å². The van der Waals surface area contributed by atoms with Crippen LogP contribution in [0.25, 0.3) is 0 Å². The molecule has 0 heterocycles. The Morgan fingerprint density at radius 3 is 1.85 bits per heavy atom. The molecule has 5 nitrogen and oxygen atoms in total. The van der Waals surface area contributed by atoms with E-state index in [1.54, 1.807) is 24.3 Å². The lowest BCUT2D eigenvalue weighted by Gasteiger charge is -2.18. The molecule has 0 aromatic heterocycles. The molecule has 3 N–H and O–H groups in total. The number of phenolic OH excluding ortho intramolecular Hbond substituents is 2. The van der Waals surface area contributed by atoms with E-state index in [2.05, 4.69) is 0 Å². The number of aromatic hydroxyl groups is 2. The molecule has 20 heavy (non-hydrogen) atoms. The lowest BCUT2D eigenvalue weighted by atomic mass is 10.2. The molecule has 6 heteroatoms. The van der Waals surface area contributed by atoms with Crippen molar-refractivity contribution in [1.29, 1.82) is 0 Å². The van der Waals surface area contributed by atoms with Crippen LogP contribution in [-0.2, 0) is 27.0 Å². The van der Waals surface area contributed by atoms with Crippen molar-refractivity contribution >= 4 is 10.5 Å². The van der Waals surface area contributed by atoms with E-state index >= 15 is 0 Å². The number of phenols is 2. The summed E-state index contributed by atoms with van der Waals surface area (Å²) in [5, 5.41) is 18.3. The minimum atomic E-state index is -3.75. The highest BCUT2D eigenvalue weighted by molar-refractivity contribution is 7.92. The van der Waals surface area contributed by atoms with Crippen molar-refractivity contribution in [2.24, 2.45) is 0 Å². The lowest BCUT2D eigenvalue weighted by Crippen LogP contribution is -2.17. The molecular weight excluding hydrogens is 280 g/mol. The molecule has 0 saturated carbocycles. The summed E-state index contributed by atoms with van der Waals surface area (Å²) in [6, 6.07) is 12.3. The summed E-state index contributed by atoms with van der Waals surface area (Å²) in [6.07, 6.45) is 0. The second-order valence-electron chi connectivity index (χ2n) is 4.40. The van der Waals surface area contributed by atoms with Crippen molar-refractivity contribution in [3.63, 3.8) is 0 Å². The molecule has 0 bridgehead atoms. The Balaban J connectivity index is 0.00000220. The average molecular weight is 297 g/mol. The van der Waals surface area contributed by atoms with Gasteiger partial charge in [-0.25, -0.2) is 4.21 Å². The number of benzene rings is 2. The Labute approximate surface area is 119 Å². The normalized spacial score (nSPS) is 12.2. The molecule has 0 aliphatic heterocycles. The second-order valence-corrected chi connectivity index (χ2v) is 6.25. The molecule has 0 saturated heterocycles. The summed E-state index contributed by atoms with van der Waals surface area (Å²) in [6.45, 7) is -0.00780. The Bertz CT molecular complexity index is 612. The highest BCUT2D eigenvalue weighted by atomic mass is 32.3. The zero-order valence-corrected chi connectivity index (χ0v) is 11.5. The number of hydrogen-bond donors (Lipinski definition) is 4. The Hall–Kier alpha value is -1.89. The standard InChI is InChI=1S/C14H16O5S/c15-13-5-1-11(2-6-13)9-19-20(17,18)10-12-3-7-14(16)8-4-12/h1-8,15-16,20H,9-10H2,(H,17,18)/p+1. The lowest BCUT2D eigenvalue weighted by molar-refractivity contribution is 0.277. The maximum Gasteiger partial charge on any atom is 1.00 e. The number of hydrogen-bond acceptors (Lipinski definition) is 4. The van der Waals surface area contributed by atoms with Gasteiger partial charge in [0.2, 0.25) is 0 Å². The van der Waals surface area contributed by atoms with Crippen LogP contribution in [-0.4, -0.2) is 19.0 Å². The predicted molar refractivity (Wildman–Crippen MR) is 78.0 cm³/mol.